The average Bonchev–Trinajstić information content (AvgIpc) is 2.97. The SMILES string of the molecule is O=C(Nc1ccccc1)ONC1=Nc2ccc([N+](=O)[O-])cc2C(c2ccccc2)=NC1. The van der Waals surface area contributed by atoms with Crippen molar-refractivity contribution in [2.75, 3.05) is 11.9 Å². The fraction of sp³-hybridized carbons (Fsp3) is 0.0455. The number of nitro benzene ring substituents is 1. The van der Waals surface area contributed by atoms with Crippen LogP contribution < -0.4 is 10.8 Å². The second-order valence-electron chi connectivity index (χ2n) is 6.53. The number of aliphatic imine (C=N–C) groups is 2. The molecule has 1 amide bonds. The standard InChI is InChI=1S/C22H17N5O4/c28-22(24-16-9-5-2-6-10-16)31-26-20-14-23-21(15-7-3-1-4-8-15)18-13-17(27(29)30)11-12-19(18)25-20/h1-13H,14H2,(H,24,28)(H,25,26). The van der Waals surface area contributed by atoms with Gasteiger partial charge in [0.05, 0.1) is 16.3 Å². The van der Waals surface area contributed by atoms with Crippen LogP contribution in [0.1, 0.15) is 11.1 Å². The molecule has 0 radical (unpaired) electrons. The summed E-state index contributed by atoms with van der Waals surface area (Å²) in [6.07, 6.45) is -0.714. The van der Waals surface area contributed by atoms with Crippen molar-refractivity contribution in [2.45, 2.75) is 0 Å². The highest BCUT2D eigenvalue weighted by molar-refractivity contribution is 6.17. The van der Waals surface area contributed by atoms with Gasteiger partial charge in [-0.3, -0.25) is 20.4 Å². The molecule has 0 fully saturated rings. The van der Waals surface area contributed by atoms with Crippen LogP contribution in [0.2, 0.25) is 0 Å². The molecule has 4 rings (SSSR count). The van der Waals surface area contributed by atoms with Gasteiger partial charge in [0, 0.05) is 28.9 Å². The zero-order valence-corrected chi connectivity index (χ0v) is 16.2. The van der Waals surface area contributed by atoms with Gasteiger partial charge in [0.15, 0.2) is 5.84 Å². The maximum atomic E-state index is 12.0. The number of para-hydroxylation sites is 1. The Balaban J connectivity index is 1.59. The van der Waals surface area contributed by atoms with E-state index in [1.807, 2.05) is 36.4 Å². The number of nitrogens with zero attached hydrogens (tertiary/aromatic N) is 3. The molecule has 154 valence electrons. The Labute approximate surface area is 177 Å². The molecule has 2 N–H and O–H groups in total. The number of hydroxylamine groups is 1. The number of hydrogen-bond donors (Lipinski definition) is 2. The molecule has 1 aliphatic heterocycles. The summed E-state index contributed by atoms with van der Waals surface area (Å²) in [5.74, 6) is 0.282. The number of nitro groups is 1. The van der Waals surface area contributed by atoms with Crippen molar-refractivity contribution in [3.63, 3.8) is 0 Å². The number of nitrogens with one attached hydrogen (secondary N) is 2. The van der Waals surface area contributed by atoms with E-state index in [0.29, 0.717) is 22.6 Å². The number of fused-ring (bicyclic) bond motifs is 1. The smallest absolute Gasteiger partial charge is 0.323 e. The molecule has 1 heterocycles. The van der Waals surface area contributed by atoms with Crippen LogP contribution in [-0.2, 0) is 4.84 Å². The molecule has 0 bridgehead atoms. The summed E-state index contributed by atoms with van der Waals surface area (Å²) in [6.45, 7) is 0.0886. The minimum atomic E-state index is -0.714. The number of amidine groups is 1. The number of benzene rings is 3. The third kappa shape index (κ3) is 4.73. The van der Waals surface area contributed by atoms with Crippen LogP contribution in [0.15, 0.2) is 88.8 Å². The Hall–Kier alpha value is -4.53. The van der Waals surface area contributed by atoms with Crippen LogP contribution in [0.25, 0.3) is 0 Å². The Morgan fingerprint density at radius 1 is 1.00 bits per heavy atom. The summed E-state index contributed by atoms with van der Waals surface area (Å²) in [5, 5.41) is 13.8. The predicted molar refractivity (Wildman–Crippen MR) is 117 cm³/mol. The lowest BCUT2D eigenvalue weighted by atomic mass is 10.00. The summed E-state index contributed by atoms with van der Waals surface area (Å²) in [4.78, 5) is 36.9. The van der Waals surface area contributed by atoms with Crippen LogP contribution in [0.3, 0.4) is 0 Å². The van der Waals surface area contributed by atoms with Gasteiger partial charge in [-0.1, -0.05) is 48.5 Å². The van der Waals surface area contributed by atoms with Crippen LogP contribution >= 0.6 is 0 Å². The third-order valence-corrected chi connectivity index (χ3v) is 4.42. The summed E-state index contributed by atoms with van der Waals surface area (Å²) in [5.41, 5.74) is 5.40. The van der Waals surface area contributed by atoms with Gasteiger partial charge in [-0.25, -0.2) is 15.3 Å². The maximum Gasteiger partial charge on any atom is 0.435 e. The maximum absolute atomic E-state index is 12.0. The number of carbonyl (C=O) groups excluding carboxylic acids is 1. The second-order valence-corrected chi connectivity index (χ2v) is 6.53. The lowest BCUT2D eigenvalue weighted by molar-refractivity contribution is -0.384. The predicted octanol–water partition coefficient (Wildman–Crippen LogP) is 4.23. The summed E-state index contributed by atoms with van der Waals surface area (Å²) in [7, 11) is 0. The lowest BCUT2D eigenvalue weighted by Gasteiger charge is -2.08. The summed E-state index contributed by atoms with van der Waals surface area (Å²) >= 11 is 0. The number of amides is 1. The summed E-state index contributed by atoms with van der Waals surface area (Å²) in [6, 6.07) is 22.5. The molecule has 31 heavy (non-hydrogen) atoms. The molecule has 0 unspecified atom stereocenters. The normalized spacial score (nSPS) is 12.5. The number of hydrogen-bond acceptors (Lipinski definition) is 7. The van der Waals surface area contributed by atoms with E-state index in [9.17, 15) is 14.9 Å². The van der Waals surface area contributed by atoms with Gasteiger partial charge in [0.25, 0.3) is 5.69 Å². The fourth-order valence-electron chi connectivity index (χ4n) is 3.01. The zero-order chi connectivity index (χ0) is 21.6. The van der Waals surface area contributed by atoms with Gasteiger partial charge in [0.2, 0.25) is 0 Å². The van der Waals surface area contributed by atoms with Crippen molar-refractivity contribution in [3.8, 4) is 0 Å². The van der Waals surface area contributed by atoms with E-state index in [4.69, 9.17) is 4.84 Å². The first-order valence-electron chi connectivity index (χ1n) is 9.35. The molecule has 1 aliphatic rings. The van der Waals surface area contributed by atoms with E-state index in [1.165, 1.54) is 12.1 Å². The largest absolute Gasteiger partial charge is 0.435 e. The molecule has 0 saturated heterocycles. The van der Waals surface area contributed by atoms with Crippen molar-refractivity contribution in [1.82, 2.24) is 5.48 Å². The van der Waals surface area contributed by atoms with Gasteiger partial charge in [0.1, 0.15) is 6.54 Å². The first-order chi connectivity index (χ1) is 15.1. The highest BCUT2D eigenvalue weighted by Crippen LogP contribution is 2.29. The van der Waals surface area contributed by atoms with Crippen molar-refractivity contribution < 1.29 is 14.6 Å². The number of carbonyl (C=O) groups is 1. The Bertz CT molecular complexity index is 1180. The molecular formula is C22H17N5O4. The number of rotatable bonds is 3. The molecule has 0 aliphatic carbocycles. The van der Waals surface area contributed by atoms with Gasteiger partial charge < -0.3 is 4.84 Å². The van der Waals surface area contributed by atoms with Crippen molar-refractivity contribution in [1.29, 1.82) is 0 Å². The van der Waals surface area contributed by atoms with E-state index < -0.39 is 11.0 Å². The molecule has 0 spiro atoms. The van der Waals surface area contributed by atoms with E-state index in [1.54, 1.807) is 30.3 Å². The van der Waals surface area contributed by atoms with E-state index in [0.717, 1.165) is 5.56 Å². The fourth-order valence-corrected chi connectivity index (χ4v) is 3.01. The van der Waals surface area contributed by atoms with Crippen LogP contribution in [0.4, 0.5) is 21.9 Å². The third-order valence-electron chi connectivity index (χ3n) is 4.42. The Morgan fingerprint density at radius 2 is 1.71 bits per heavy atom. The zero-order valence-electron chi connectivity index (χ0n) is 16.2. The molecule has 0 aromatic heterocycles. The number of anilines is 1. The van der Waals surface area contributed by atoms with E-state index >= 15 is 0 Å². The highest BCUT2D eigenvalue weighted by atomic mass is 16.7. The minimum absolute atomic E-state index is 0.0625. The topological polar surface area (TPSA) is 118 Å². The van der Waals surface area contributed by atoms with Gasteiger partial charge in [-0.2, -0.15) is 0 Å². The monoisotopic (exact) mass is 415 g/mol. The Kier molecular flexibility index (Phi) is 5.66. The lowest BCUT2D eigenvalue weighted by Crippen LogP contribution is -2.31. The summed E-state index contributed by atoms with van der Waals surface area (Å²) < 4.78 is 0. The van der Waals surface area contributed by atoms with Crippen LogP contribution in [0.5, 0.6) is 0 Å². The molecule has 3 aromatic carbocycles. The van der Waals surface area contributed by atoms with Crippen molar-refractivity contribution >= 4 is 34.7 Å². The number of non-ortho nitro benzene ring substituents is 1. The van der Waals surface area contributed by atoms with Crippen LogP contribution in [0, 0.1) is 10.1 Å². The van der Waals surface area contributed by atoms with E-state index in [2.05, 4.69) is 20.8 Å². The average molecular weight is 415 g/mol. The van der Waals surface area contributed by atoms with E-state index in [-0.39, 0.29) is 18.1 Å². The quantitative estimate of drug-likeness (QED) is 0.490. The Morgan fingerprint density at radius 3 is 2.42 bits per heavy atom. The molecule has 9 nitrogen and oxygen atoms in total. The van der Waals surface area contributed by atoms with Gasteiger partial charge in [-0.15, -0.1) is 0 Å². The molecule has 0 atom stereocenters. The van der Waals surface area contributed by atoms with Gasteiger partial charge in [-0.05, 0) is 18.2 Å². The highest BCUT2D eigenvalue weighted by Gasteiger charge is 2.20. The van der Waals surface area contributed by atoms with Gasteiger partial charge >= 0.3 is 6.09 Å². The first-order valence-corrected chi connectivity index (χ1v) is 9.35. The molecule has 9 heteroatoms. The molecular weight excluding hydrogens is 398 g/mol. The first kappa shape index (κ1) is 19.8. The van der Waals surface area contributed by atoms with Crippen molar-refractivity contribution in [3.05, 3.63) is 100 Å². The van der Waals surface area contributed by atoms with Crippen LogP contribution in [-0.4, -0.2) is 29.1 Å². The van der Waals surface area contributed by atoms with Crippen molar-refractivity contribution in [2.24, 2.45) is 9.98 Å². The minimum Gasteiger partial charge on any atom is -0.323 e. The second kappa shape index (κ2) is 8.87. The molecule has 3 aromatic rings. The molecule has 0 saturated carbocycles.